The number of carbonyl (C=O) groups excluding carboxylic acids is 6. The molecule has 17 nitrogen and oxygen atoms in total. The molecule has 0 bridgehead atoms. The summed E-state index contributed by atoms with van der Waals surface area (Å²) < 4.78 is 15.7. The third kappa shape index (κ3) is 12.9. The van der Waals surface area contributed by atoms with Gasteiger partial charge in [0.05, 0.1) is 12.5 Å². The van der Waals surface area contributed by atoms with Gasteiger partial charge < -0.3 is 43.0 Å². The Morgan fingerprint density at radius 2 is 1.51 bits per heavy atom. The first kappa shape index (κ1) is 37.8. The van der Waals surface area contributed by atoms with Crippen molar-refractivity contribution >= 4 is 64.9 Å². The van der Waals surface area contributed by atoms with Crippen LogP contribution in [0.2, 0.25) is 0 Å². The van der Waals surface area contributed by atoms with E-state index >= 15 is 0 Å². The number of hydrogen-bond acceptors (Lipinski definition) is 11. The minimum atomic E-state index is -4.81. The van der Waals surface area contributed by atoms with Crippen molar-refractivity contribution in [2.45, 2.75) is 63.3 Å². The molecule has 0 saturated carbocycles. The maximum absolute atomic E-state index is 13.6. The molecule has 6 atom stereocenters. The Morgan fingerprint density at radius 3 is 2.07 bits per heavy atom. The molecule has 1 aromatic rings. The van der Waals surface area contributed by atoms with Gasteiger partial charge in [-0.2, -0.15) is 0 Å². The second-order valence-electron chi connectivity index (χ2n) is 10.2. The van der Waals surface area contributed by atoms with E-state index in [4.69, 9.17) is 27.0 Å². The molecule has 12 N–H and O–H groups in total. The van der Waals surface area contributed by atoms with E-state index in [2.05, 4.69) is 25.8 Å². The zero-order valence-electron chi connectivity index (χ0n) is 24.5. The molecule has 1 aliphatic heterocycles. The van der Waals surface area contributed by atoms with Gasteiger partial charge in [0.15, 0.2) is 0 Å². The third-order valence-electron chi connectivity index (χ3n) is 6.61. The smallest absolute Gasteiger partial charge is 0.404 e. The summed E-state index contributed by atoms with van der Waals surface area (Å²) in [7, 11) is -2.61. The van der Waals surface area contributed by atoms with E-state index in [9.17, 15) is 33.3 Å². The first-order valence-corrected chi connectivity index (χ1v) is 17.7. The molecule has 2 unspecified atom stereocenters. The molecule has 1 fully saturated rings. The molecule has 2 rings (SSSR count). The number of nitrogens with one attached hydrogen (secondary N) is 4. The van der Waals surface area contributed by atoms with Gasteiger partial charge in [0.25, 0.3) is 0 Å². The van der Waals surface area contributed by atoms with E-state index in [1.807, 2.05) is 0 Å². The van der Waals surface area contributed by atoms with Crippen molar-refractivity contribution in [3.05, 3.63) is 29.8 Å². The number of amides is 6. The van der Waals surface area contributed by atoms with E-state index in [-0.39, 0.29) is 23.7 Å². The first-order valence-electron chi connectivity index (χ1n) is 13.6. The van der Waals surface area contributed by atoms with Gasteiger partial charge in [-0.15, -0.1) is 0 Å². The van der Waals surface area contributed by atoms with Crippen LogP contribution in [-0.2, 0) is 39.8 Å². The van der Waals surface area contributed by atoms with Crippen molar-refractivity contribution in [1.82, 2.24) is 21.3 Å². The average Bonchev–Trinajstić information content (AvgIpc) is 2.95. The fraction of sp³-hybridized carbons (Fsp3) is 0.520. The molecule has 1 aromatic carbocycles. The SMILES string of the molecule is CCC(C)[C@@H]1NC(=O)[C@H](Cc2ccc(OP(=O)(O)O)cc2)NC(=O)[C@@H](N)CSSC[C@@H](C(N)=O)NC(=O)C(CC(N)=O)NC1=O. The fourth-order valence-electron chi connectivity index (χ4n) is 3.96. The monoisotopic (exact) mass is 691 g/mol. The number of primary amides is 2. The van der Waals surface area contributed by atoms with Gasteiger partial charge in [0, 0.05) is 17.9 Å². The lowest BCUT2D eigenvalue weighted by Gasteiger charge is -2.28. The fourth-order valence-corrected chi connectivity index (χ4v) is 6.65. The number of phosphoric acid groups is 1. The normalized spacial score (nSPS) is 25.0. The molecular formula is C25H38N7O10PS2. The predicted octanol–water partition coefficient (Wildman–Crippen LogP) is -2.23. The predicted molar refractivity (Wildman–Crippen MR) is 166 cm³/mol. The van der Waals surface area contributed by atoms with Gasteiger partial charge in [0.2, 0.25) is 35.4 Å². The lowest BCUT2D eigenvalue weighted by Crippen LogP contribution is -2.60. The van der Waals surface area contributed by atoms with Crippen LogP contribution in [0.1, 0.15) is 32.3 Å². The van der Waals surface area contributed by atoms with Crippen molar-refractivity contribution in [1.29, 1.82) is 0 Å². The van der Waals surface area contributed by atoms with Gasteiger partial charge in [-0.25, -0.2) is 4.57 Å². The van der Waals surface area contributed by atoms with E-state index in [1.54, 1.807) is 13.8 Å². The van der Waals surface area contributed by atoms with Gasteiger partial charge in [-0.05, 0) is 23.6 Å². The number of phosphoric ester groups is 1. The molecule has 0 aliphatic carbocycles. The van der Waals surface area contributed by atoms with Crippen LogP contribution in [0.4, 0.5) is 0 Å². The van der Waals surface area contributed by atoms with Crippen molar-refractivity contribution < 1.29 is 47.6 Å². The summed E-state index contributed by atoms with van der Waals surface area (Å²) in [5.41, 5.74) is 17.2. The van der Waals surface area contributed by atoms with Crippen molar-refractivity contribution in [3.8, 4) is 5.75 Å². The van der Waals surface area contributed by atoms with Gasteiger partial charge in [-0.1, -0.05) is 54.0 Å². The Kier molecular flexibility index (Phi) is 14.6. The topological polar surface area (TPSA) is 295 Å². The highest BCUT2D eigenvalue weighted by molar-refractivity contribution is 8.76. The summed E-state index contributed by atoms with van der Waals surface area (Å²) in [5, 5.41) is 10.0. The van der Waals surface area contributed by atoms with Crippen LogP contribution in [0.15, 0.2) is 24.3 Å². The minimum Gasteiger partial charge on any atom is -0.404 e. The zero-order valence-corrected chi connectivity index (χ0v) is 27.0. The summed E-state index contributed by atoms with van der Waals surface area (Å²) in [6.45, 7) is 3.42. The number of nitrogens with two attached hydrogens (primary N) is 3. The Balaban J connectivity index is 2.45. The molecule has 250 valence electrons. The van der Waals surface area contributed by atoms with Crippen molar-refractivity contribution in [2.75, 3.05) is 11.5 Å². The summed E-state index contributed by atoms with van der Waals surface area (Å²) in [4.78, 5) is 94.9. The summed E-state index contributed by atoms with van der Waals surface area (Å²) in [6.07, 6.45) is -0.336. The van der Waals surface area contributed by atoms with Crippen LogP contribution >= 0.6 is 29.4 Å². The molecule has 20 heteroatoms. The molecule has 0 radical (unpaired) electrons. The largest absolute Gasteiger partial charge is 0.524 e. The zero-order chi connectivity index (χ0) is 33.9. The molecular weight excluding hydrogens is 653 g/mol. The van der Waals surface area contributed by atoms with Crippen molar-refractivity contribution in [2.24, 2.45) is 23.1 Å². The summed E-state index contributed by atoms with van der Waals surface area (Å²) in [5.74, 6) is -5.61. The van der Waals surface area contributed by atoms with Crippen LogP contribution < -0.4 is 43.0 Å². The second-order valence-corrected chi connectivity index (χ2v) is 13.9. The number of carbonyl (C=O) groups is 6. The van der Waals surface area contributed by atoms with E-state index in [0.717, 1.165) is 21.6 Å². The van der Waals surface area contributed by atoms with E-state index in [1.165, 1.54) is 24.3 Å². The van der Waals surface area contributed by atoms with Gasteiger partial charge in [-0.3, -0.25) is 38.6 Å². The Morgan fingerprint density at radius 1 is 0.933 bits per heavy atom. The van der Waals surface area contributed by atoms with E-state index in [0.29, 0.717) is 12.0 Å². The molecule has 0 spiro atoms. The standard InChI is InChI=1S/C25H38N7O10PS2/c1-3-12(2)20-25(38)30-17(9-19(27)33)23(36)31-18(21(28)34)11-45-44-10-15(26)22(35)29-16(24(37)32-20)8-13-4-6-14(7-5-13)42-43(39,40)41/h4-7,12,15-18,20H,3,8-11,26H2,1-2H3,(H2,27,33)(H2,28,34)(H,29,35)(H,30,38)(H,31,36)(H,32,37)(H2,39,40,41)/t12?,15-,16-,17?,18-,20-/m0/s1. The second kappa shape index (κ2) is 17.4. The first-order chi connectivity index (χ1) is 21.0. The summed E-state index contributed by atoms with van der Waals surface area (Å²) in [6, 6.07) is -0.915. The van der Waals surface area contributed by atoms with Gasteiger partial charge >= 0.3 is 7.82 Å². The quantitative estimate of drug-likeness (QED) is 0.0980. The van der Waals surface area contributed by atoms with Crippen molar-refractivity contribution in [3.63, 3.8) is 0 Å². The highest BCUT2D eigenvalue weighted by Crippen LogP contribution is 2.37. The molecule has 45 heavy (non-hydrogen) atoms. The molecule has 6 amide bonds. The Hall–Kier alpha value is -3.35. The average molecular weight is 692 g/mol. The van der Waals surface area contributed by atoms with Crippen LogP contribution in [0.25, 0.3) is 0 Å². The van der Waals surface area contributed by atoms with Crippen LogP contribution in [0.5, 0.6) is 5.75 Å². The molecule has 1 heterocycles. The number of rotatable bonds is 9. The minimum absolute atomic E-state index is 0.0306. The number of benzene rings is 1. The Labute approximate surface area is 266 Å². The molecule has 0 aromatic heterocycles. The van der Waals surface area contributed by atoms with E-state index < -0.39 is 85.8 Å². The summed E-state index contributed by atoms with van der Waals surface area (Å²) >= 11 is 0. The number of hydrogen-bond donors (Lipinski definition) is 9. The molecule has 1 saturated heterocycles. The lowest BCUT2D eigenvalue weighted by atomic mass is 9.96. The highest BCUT2D eigenvalue weighted by atomic mass is 33.1. The molecule has 1 aliphatic rings. The third-order valence-corrected chi connectivity index (χ3v) is 9.51. The van der Waals surface area contributed by atoms with Crippen LogP contribution in [0.3, 0.4) is 0 Å². The lowest BCUT2D eigenvalue weighted by molar-refractivity contribution is -0.136. The van der Waals surface area contributed by atoms with Crippen LogP contribution in [-0.4, -0.2) is 86.9 Å². The maximum Gasteiger partial charge on any atom is 0.524 e. The highest BCUT2D eigenvalue weighted by Gasteiger charge is 2.34. The Bertz CT molecular complexity index is 1300. The van der Waals surface area contributed by atoms with Gasteiger partial charge in [0.1, 0.15) is 29.9 Å². The van der Waals surface area contributed by atoms with Crippen LogP contribution in [0, 0.1) is 5.92 Å². The maximum atomic E-state index is 13.6.